The van der Waals surface area contributed by atoms with Crippen molar-refractivity contribution < 1.29 is 5.11 Å². The zero-order valence-corrected chi connectivity index (χ0v) is 11.8. The van der Waals surface area contributed by atoms with E-state index in [1.54, 1.807) is 0 Å². The lowest BCUT2D eigenvalue weighted by molar-refractivity contribution is 0.221. The van der Waals surface area contributed by atoms with Gasteiger partial charge in [-0.15, -0.1) is 0 Å². The van der Waals surface area contributed by atoms with Gasteiger partial charge in [0.15, 0.2) is 0 Å². The average Bonchev–Trinajstić information content (AvgIpc) is 2.46. The van der Waals surface area contributed by atoms with Crippen LogP contribution >= 0.6 is 0 Å². The highest BCUT2D eigenvalue weighted by atomic mass is 16.3. The number of aliphatic hydroxyl groups excluding tert-OH is 1. The minimum atomic E-state index is -0.582. The third-order valence-electron chi connectivity index (χ3n) is 3.84. The van der Waals surface area contributed by atoms with Gasteiger partial charge in [-0.1, -0.05) is 66.2 Å². The minimum absolute atomic E-state index is 0.582. The Kier molecular flexibility index (Phi) is 3.29. The van der Waals surface area contributed by atoms with E-state index < -0.39 is 6.10 Å². The highest BCUT2D eigenvalue weighted by Crippen LogP contribution is 2.30. The molecule has 0 aliphatic rings. The van der Waals surface area contributed by atoms with Gasteiger partial charge in [0.1, 0.15) is 6.10 Å². The van der Waals surface area contributed by atoms with E-state index in [-0.39, 0.29) is 0 Å². The molecule has 1 atom stereocenters. The third kappa shape index (κ3) is 2.21. The maximum absolute atomic E-state index is 10.8. The molecule has 0 fully saturated rings. The summed E-state index contributed by atoms with van der Waals surface area (Å²) in [5, 5.41) is 13.0. The monoisotopic (exact) mass is 262 g/mol. The highest BCUT2D eigenvalue weighted by Gasteiger charge is 2.15. The standard InChI is InChI=1S/C19H18O/c1-13-10-11-16(14(2)12-13)19(20)18-9-5-7-15-6-3-4-8-17(15)18/h3-12,19-20H,1-2H3. The third-order valence-corrected chi connectivity index (χ3v) is 3.84. The van der Waals surface area contributed by atoms with E-state index >= 15 is 0 Å². The molecule has 0 aliphatic carbocycles. The summed E-state index contributed by atoms with van der Waals surface area (Å²) in [6.07, 6.45) is -0.582. The van der Waals surface area contributed by atoms with E-state index in [4.69, 9.17) is 0 Å². The summed E-state index contributed by atoms with van der Waals surface area (Å²) in [4.78, 5) is 0. The normalized spacial score (nSPS) is 12.6. The van der Waals surface area contributed by atoms with Crippen molar-refractivity contribution in [2.45, 2.75) is 20.0 Å². The van der Waals surface area contributed by atoms with Crippen LogP contribution in [0.15, 0.2) is 60.7 Å². The average molecular weight is 262 g/mol. The molecule has 3 rings (SSSR count). The smallest absolute Gasteiger partial charge is 0.105 e. The number of rotatable bonds is 2. The van der Waals surface area contributed by atoms with Crippen molar-refractivity contribution in [2.24, 2.45) is 0 Å². The molecule has 100 valence electrons. The van der Waals surface area contributed by atoms with Crippen LogP contribution in [-0.2, 0) is 0 Å². The Hall–Kier alpha value is -2.12. The van der Waals surface area contributed by atoms with Gasteiger partial charge >= 0.3 is 0 Å². The second kappa shape index (κ2) is 5.10. The number of hydrogen-bond donors (Lipinski definition) is 1. The van der Waals surface area contributed by atoms with Crippen molar-refractivity contribution in [3.63, 3.8) is 0 Å². The van der Waals surface area contributed by atoms with Crippen LogP contribution in [0, 0.1) is 13.8 Å². The van der Waals surface area contributed by atoms with Crippen molar-refractivity contribution >= 4 is 10.8 Å². The highest BCUT2D eigenvalue weighted by molar-refractivity contribution is 5.86. The molecule has 0 bridgehead atoms. The van der Waals surface area contributed by atoms with E-state index in [1.807, 2.05) is 30.3 Å². The number of benzene rings is 3. The van der Waals surface area contributed by atoms with Gasteiger partial charge in [0.2, 0.25) is 0 Å². The summed E-state index contributed by atoms with van der Waals surface area (Å²) in [5.74, 6) is 0. The molecule has 0 heterocycles. The summed E-state index contributed by atoms with van der Waals surface area (Å²) in [6, 6.07) is 20.5. The molecule has 0 spiro atoms. The van der Waals surface area contributed by atoms with Gasteiger partial charge in [0.25, 0.3) is 0 Å². The predicted molar refractivity (Wildman–Crippen MR) is 83.9 cm³/mol. The molecule has 0 aromatic heterocycles. The zero-order valence-electron chi connectivity index (χ0n) is 11.8. The Morgan fingerprint density at radius 2 is 1.55 bits per heavy atom. The van der Waals surface area contributed by atoms with E-state index in [1.165, 1.54) is 5.56 Å². The lowest BCUT2D eigenvalue weighted by Crippen LogP contribution is -2.03. The zero-order chi connectivity index (χ0) is 14.1. The van der Waals surface area contributed by atoms with Crippen molar-refractivity contribution in [1.29, 1.82) is 0 Å². The maximum Gasteiger partial charge on any atom is 0.105 e. The second-order valence-electron chi connectivity index (χ2n) is 5.33. The first-order chi connectivity index (χ1) is 9.66. The lowest BCUT2D eigenvalue weighted by Gasteiger charge is -2.17. The van der Waals surface area contributed by atoms with Gasteiger partial charge in [0.05, 0.1) is 0 Å². The molecule has 0 saturated carbocycles. The number of hydrogen-bond acceptors (Lipinski definition) is 1. The Balaban J connectivity index is 2.15. The van der Waals surface area contributed by atoms with Gasteiger partial charge in [-0.25, -0.2) is 0 Å². The maximum atomic E-state index is 10.8. The fourth-order valence-corrected chi connectivity index (χ4v) is 2.79. The van der Waals surface area contributed by atoms with Crippen molar-refractivity contribution in [1.82, 2.24) is 0 Å². The van der Waals surface area contributed by atoms with E-state index in [2.05, 4.69) is 44.2 Å². The molecule has 20 heavy (non-hydrogen) atoms. The van der Waals surface area contributed by atoms with Crippen LogP contribution in [0.2, 0.25) is 0 Å². The lowest BCUT2D eigenvalue weighted by atomic mass is 9.93. The largest absolute Gasteiger partial charge is 0.384 e. The molecule has 1 nitrogen and oxygen atoms in total. The Morgan fingerprint density at radius 1 is 0.800 bits per heavy atom. The van der Waals surface area contributed by atoms with Gasteiger partial charge < -0.3 is 5.11 Å². The summed E-state index contributed by atoms with van der Waals surface area (Å²) in [7, 11) is 0. The fraction of sp³-hybridized carbons (Fsp3) is 0.158. The molecule has 1 heteroatoms. The summed E-state index contributed by atoms with van der Waals surface area (Å²) in [5.41, 5.74) is 4.30. The van der Waals surface area contributed by atoms with Gasteiger partial charge in [-0.2, -0.15) is 0 Å². The minimum Gasteiger partial charge on any atom is -0.384 e. The van der Waals surface area contributed by atoms with Crippen LogP contribution in [0.1, 0.15) is 28.4 Å². The molecule has 1 unspecified atom stereocenters. The Morgan fingerprint density at radius 3 is 2.35 bits per heavy atom. The van der Waals surface area contributed by atoms with E-state index in [0.717, 1.165) is 27.5 Å². The molecule has 0 saturated heterocycles. The molecule has 0 amide bonds. The van der Waals surface area contributed by atoms with Crippen LogP contribution in [0.25, 0.3) is 10.8 Å². The first kappa shape index (κ1) is 12.9. The van der Waals surface area contributed by atoms with Crippen LogP contribution in [0.4, 0.5) is 0 Å². The Labute approximate surface area is 119 Å². The van der Waals surface area contributed by atoms with Crippen molar-refractivity contribution in [3.8, 4) is 0 Å². The first-order valence-electron chi connectivity index (χ1n) is 6.89. The Bertz CT molecular complexity index is 753. The van der Waals surface area contributed by atoms with Gasteiger partial charge in [-0.3, -0.25) is 0 Å². The fourth-order valence-electron chi connectivity index (χ4n) is 2.79. The number of fused-ring (bicyclic) bond motifs is 1. The summed E-state index contributed by atoms with van der Waals surface area (Å²) in [6.45, 7) is 4.12. The molecule has 3 aromatic carbocycles. The van der Waals surface area contributed by atoms with Crippen LogP contribution in [0.5, 0.6) is 0 Å². The van der Waals surface area contributed by atoms with Gasteiger partial charge in [-0.05, 0) is 41.3 Å². The number of aryl methyl sites for hydroxylation is 2. The molecule has 1 N–H and O–H groups in total. The van der Waals surface area contributed by atoms with Crippen LogP contribution in [0.3, 0.4) is 0 Å². The summed E-state index contributed by atoms with van der Waals surface area (Å²) < 4.78 is 0. The molecular formula is C19H18O. The number of aliphatic hydroxyl groups is 1. The predicted octanol–water partition coefficient (Wildman–Crippen LogP) is 4.54. The van der Waals surface area contributed by atoms with E-state index in [0.29, 0.717) is 0 Å². The van der Waals surface area contributed by atoms with Crippen LogP contribution in [-0.4, -0.2) is 5.11 Å². The molecule has 0 radical (unpaired) electrons. The molecule has 3 aromatic rings. The van der Waals surface area contributed by atoms with Crippen molar-refractivity contribution in [2.75, 3.05) is 0 Å². The first-order valence-corrected chi connectivity index (χ1v) is 6.89. The topological polar surface area (TPSA) is 20.2 Å². The van der Waals surface area contributed by atoms with Crippen molar-refractivity contribution in [3.05, 3.63) is 82.9 Å². The van der Waals surface area contributed by atoms with E-state index in [9.17, 15) is 5.11 Å². The SMILES string of the molecule is Cc1ccc(C(O)c2cccc3ccccc23)c(C)c1. The second-order valence-corrected chi connectivity index (χ2v) is 5.33. The molecule has 0 aliphatic heterocycles. The van der Waals surface area contributed by atoms with Gasteiger partial charge in [0, 0.05) is 0 Å². The quantitative estimate of drug-likeness (QED) is 0.719. The molecular weight excluding hydrogens is 244 g/mol. The van der Waals surface area contributed by atoms with Crippen LogP contribution < -0.4 is 0 Å². The summed E-state index contributed by atoms with van der Waals surface area (Å²) >= 11 is 0.